The van der Waals surface area contributed by atoms with E-state index in [1.54, 1.807) is 36.4 Å². The van der Waals surface area contributed by atoms with Crippen LogP contribution in [-0.4, -0.2) is 15.3 Å². The molecule has 0 radical (unpaired) electrons. The molecule has 0 heterocycles. The SMILES string of the molecule is Oc1ccc(C2CC(c3ccc(O)cc3)CC(c3ccc(O)cc3)C2)cc1. The fourth-order valence-corrected chi connectivity index (χ4v) is 4.37. The van der Waals surface area contributed by atoms with E-state index in [1.165, 1.54) is 16.7 Å². The zero-order chi connectivity index (χ0) is 18.8. The molecule has 0 aliphatic heterocycles. The summed E-state index contributed by atoms with van der Waals surface area (Å²) < 4.78 is 0. The molecule has 3 nitrogen and oxygen atoms in total. The van der Waals surface area contributed by atoms with Gasteiger partial charge in [0.15, 0.2) is 0 Å². The molecule has 0 spiro atoms. The van der Waals surface area contributed by atoms with Crippen LogP contribution in [0.5, 0.6) is 17.2 Å². The van der Waals surface area contributed by atoms with Gasteiger partial charge in [0.25, 0.3) is 0 Å². The third-order valence-corrected chi connectivity index (χ3v) is 5.80. The first kappa shape index (κ1) is 17.5. The maximum absolute atomic E-state index is 9.62. The number of rotatable bonds is 3. The van der Waals surface area contributed by atoms with Gasteiger partial charge in [-0.2, -0.15) is 0 Å². The first-order valence-electron chi connectivity index (χ1n) is 9.45. The molecule has 3 aromatic carbocycles. The maximum atomic E-state index is 9.62. The van der Waals surface area contributed by atoms with Crippen molar-refractivity contribution in [3.8, 4) is 17.2 Å². The average Bonchev–Trinajstić information content (AvgIpc) is 2.69. The van der Waals surface area contributed by atoms with E-state index in [-0.39, 0.29) is 0 Å². The molecule has 138 valence electrons. The summed E-state index contributed by atoms with van der Waals surface area (Å²) in [6, 6.07) is 22.7. The first-order valence-corrected chi connectivity index (χ1v) is 9.45. The van der Waals surface area contributed by atoms with Crippen molar-refractivity contribution in [2.75, 3.05) is 0 Å². The highest BCUT2D eigenvalue weighted by Crippen LogP contribution is 2.48. The lowest BCUT2D eigenvalue weighted by Gasteiger charge is -2.36. The van der Waals surface area contributed by atoms with Gasteiger partial charge in [0.05, 0.1) is 0 Å². The van der Waals surface area contributed by atoms with Crippen LogP contribution in [0.1, 0.15) is 53.7 Å². The molecule has 0 aromatic heterocycles. The largest absolute Gasteiger partial charge is 0.508 e. The molecule has 1 fully saturated rings. The Hall–Kier alpha value is -2.94. The second-order valence-electron chi connectivity index (χ2n) is 7.57. The Morgan fingerprint density at radius 2 is 0.630 bits per heavy atom. The topological polar surface area (TPSA) is 60.7 Å². The van der Waals surface area contributed by atoms with Crippen LogP contribution in [0.2, 0.25) is 0 Å². The van der Waals surface area contributed by atoms with Crippen molar-refractivity contribution in [3.63, 3.8) is 0 Å². The Balaban J connectivity index is 1.66. The molecule has 1 aliphatic rings. The van der Waals surface area contributed by atoms with Gasteiger partial charge in [0.1, 0.15) is 17.2 Å². The van der Waals surface area contributed by atoms with Crippen LogP contribution in [-0.2, 0) is 0 Å². The molecule has 3 N–H and O–H groups in total. The van der Waals surface area contributed by atoms with Gasteiger partial charge in [-0.1, -0.05) is 36.4 Å². The average molecular weight is 360 g/mol. The van der Waals surface area contributed by atoms with Gasteiger partial charge in [-0.05, 0) is 90.1 Å². The van der Waals surface area contributed by atoms with E-state index in [1.807, 2.05) is 36.4 Å². The maximum Gasteiger partial charge on any atom is 0.115 e. The van der Waals surface area contributed by atoms with Crippen LogP contribution >= 0.6 is 0 Å². The zero-order valence-electron chi connectivity index (χ0n) is 15.1. The number of hydrogen-bond acceptors (Lipinski definition) is 3. The summed E-state index contributed by atoms with van der Waals surface area (Å²) in [4.78, 5) is 0. The molecule has 0 saturated heterocycles. The van der Waals surface area contributed by atoms with Crippen molar-refractivity contribution >= 4 is 0 Å². The summed E-state index contributed by atoms with van der Waals surface area (Å²) in [6.07, 6.45) is 3.14. The molecule has 0 amide bonds. The number of hydrogen-bond donors (Lipinski definition) is 3. The summed E-state index contributed by atoms with van der Waals surface area (Å²) in [6.45, 7) is 0. The Morgan fingerprint density at radius 1 is 0.407 bits per heavy atom. The van der Waals surface area contributed by atoms with E-state index in [0.717, 1.165) is 19.3 Å². The van der Waals surface area contributed by atoms with Crippen LogP contribution in [0.4, 0.5) is 0 Å². The summed E-state index contributed by atoms with van der Waals surface area (Å²) >= 11 is 0. The second kappa shape index (κ2) is 7.36. The Kier molecular flexibility index (Phi) is 4.76. The van der Waals surface area contributed by atoms with E-state index >= 15 is 0 Å². The van der Waals surface area contributed by atoms with Gasteiger partial charge in [-0.15, -0.1) is 0 Å². The molecule has 0 unspecified atom stereocenters. The molecule has 1 saturated carbocycles. The minimum Gasteiger partial charge on any atom is -0.508 e. The number of benzene rings is 3. The summed E-state index contributed by atoms with van der Waals surface area (Å²) in [5.74, 6) is 2.07. The van der Waals surface area contributed by atoms with Gasteiger partial charge in [0, 0.05) is 0 Å². The van der Waals surface area contributed by atoms with Crippen LogP contribution in [0.3, 0.4) is 0 Å². The van der Waals surface area contributed by atoms with Crippen molar-refractivity contribution in [3.05, 3.63) is 89.5 Å². The smallest absolute Gasteiger partial charge is 0.115 e. The lowest BCUT2D eigenvalue weighted by atomic mass is 9.68. The highest BCUT2D eigenvalue weighted by molar-refractivity contribution is 5.35. The van der Waals surface area contributed by atoms with Gasteiger partial charge in [-0.3, -0.25) is 0 Å². The highest BCUT2D eigenvalue weighted by atomic mass is 16.3. The van der Waals surface area contributed by atoms with E-state index in [9.17, 15) is 15.3 Å². The lowest BCUT2D eigenvalue weighted by Crippen LogP contribution is -2.19. The Bertz CT molecular complexity index is 754. The number of phenols is 3. The van der Waals surface area contributed by atoms with E-state index in [0.29, 0.717) is 35.0 Å². The van der Waals surface area contributed by atoms with E-state index in [4.69, 9.17) is 0 Å². The standard InChI is InChI=1S/C24H24O3/c25-22-7-1-16(2-8-22)19-13-20(17-3-9-23(26)10-4-17)15-21(14-19)18-5-11-24(27)12-6-18/h1-12,19-21,25-27H,13-15H2. The first-order chi connectivity index (χ1) is 13.1. The van der Waals surface area contributed by atoms with E-state index in [2.05, 4.69) is 0 Å². The van der Waals surface area contributed by atoms with Crippen LogP contribution in [0.25, 0.3) is 0 Å². The monoisotopic (exact) mass is 360 g/mol. The fourth-order valence-electron chi connectivity index (χ4n) is 4.37. The Morgan fingerprint density at radius 3 is 0.852 bits per heavy atom. The molecule has 4 rings (SSSR count). The molecule has 3 heteroatoms. The number of aromatic hydroxyl groups is 3. The number of phenolic OH excluding ortho intramolecular Hbond substituents is 3. The molecule has 0 bridgehead atoms. The van der Waals surface area contributed by atoms with E-state index < -0.39 is 0 Å². The van der Waals surface area contributed by atoms with Gasteiger partial charge in [0.2, 0.25) is 0 Å². The molecule has 3 aromatic rings. The van der Waals surface area contributed by atoms with Gasteiger partial charge < -0.3 is 15.3 Å². The summed E-state index contributed by atoms with van der Waals surface area (Å²) in [7, 11) is 0. The predicted molar refractivity (Wildman–Crippen MR) is 106 cm³/mol. The lowest BCUT2D eigenvalue weighted by molar-refractivity contribution is 0.350. The zero-order valence-corrected chi connectivity index (χ0v) is 15.1. The normalized spacial score (nSPS) is 22.4. The van der Waals surface area contributed by atoms with Crippen molar-refractivity contribution in [2.24, 2.45) is 0 Å². The quantitative estimate of drug-likeness (QED) is 0.566. The predicted octanol–water partition coefficient (Wildman–Crippen LogP) is 5.64. The van der Waals surface area contributed by atoms with Crippen molar-refractivity contribution in [1.82, 2.24) is 0 Å². The van der Waals surface area contributed by atoms with Crippen LogP contribution < -0.4 is 0 Å². The highest BCUT2D eigenvalue weighted by Gasteiger charge is 2.31. The third-order valence-electron chi connectivity index (χ3n) is 5.80. The van der Waals surface area contributed by atoms with Crippen molar-refractivity contribution < 1.29 is 15.3 Å². The Labute approximate surface area is 159 Å². The van der Waals surface area contributed by atoms with Crippen molar-refractivity contribution in [2.45, 2.75) is 37.0 Å². The second-order valence-corrected chi connectivity index (χ2v) is 7.57. The van der Waals surface area contributed by atoms with Gasteiger partial charge >= 0.3 is 0 Å². The molecular formula is C24H24O3. The minimum absolute atomic E-state index is 0.291. The molecule has 0 atom stereocenters. The molecule has 27 heavy (non-hydrogen) atoms. The minimum atomic E-state index is 0.291. The third kappa shape index (κ3) is 3.92. The van der Waals surface area contributed by atoms with Crippen molar-refractivity contribution in [1.29, 1.82) is 0 Å². The fraction of sp³-hybridized carbons (Fsp3) is 0.250. The molecule has 1 aliphatic carbocycles. The van der Waals surface area contributed by atoms with Gasteiger partial charge in [-0.25, -0.2) is 0 Å². The van der Waals surface area contributed by atoms with Crippen LogP contribution in [0, 0.1) is 0 Å². The van der Waals surface area contributed by atoms with Crippen LogP contribution in [0.15, 0.2) is 72.8 Å². The summed E-state index contributed by atoms with van der Waals surface area (Å²) in [5.41, 5.74) is 3.75. The summed E-state index contributed by atoms with van der Waals surface area (Å²) in [5, 5.41) is 28.9. The molecular weight excluding hydrogens is 336 g/mol.